The number of amides is 1. The van der Waals surface area contributed by atoms with Crippen molar-refractivity contribution in [3.63, 3.8) is 0 Å². The molecule has 4 heteroatoms. The second kappa shape index (κ2) is 7.46. The molecule has 0 radical (unpaired) electrons. The van der Waals surface area contributed by atoms with E-state index in [0.29, 0.717) is 23.2 Å². The van der Waals surface area contributed by atoms with Gasteiger partial charge in [-0.15, -0.1) is 0 Å². The number of hydrogen-bond donors (Lipinski definition) is 2. The molecule has 1 aliphatic carbocycles. The average Bonchev–Trinajstić information content (AvgIpc) is 3.01. The van der Waals surface area contributed by atoms with Crippen LogP contribution in [0.25, 0.3) is 0 Å². The fourth-order valence-corrected chi connectivity index (χ4v) is 3.01. The van der Waals surface area contributed by atoms with Gasteiger partial charge >= 0.3 is 0 Å². The minimum atomic E-state index is 0.108. The van der Waals surface area contributed by atoms with Gasteiger partial charge in [-0.25, -0.2) is 0 Å². The number of nitrogen functional groups attached to an aromatic ring is 1. The fraction of sp³-hybridized carbons (Fsp3) is 0.588. The van der Waals surface area contributed by atoms with Crippen molar-refractivity contribution < 1.29 is 4.79 Å². The van der Waals surface area contributed by atoms with Gasteiger partial charge in [0, 0.05) is 12.6 Å². The number of carbonyl (C=O) groups excluding carboxylic acids is 1. The number of anilines is 1. The monoisotopic (exact) mass is 289 g/mol. The number of nitrogens with two attached hydrogens (primary N) is 1. The number of para-hydroxylation sites is 1. The lowest BCUT2D eigenvalue weighted by atomic mass is 10.1. The van der Waals surface area contributed by atoms with Gasteiger partial charge in [0.15, 0.2) is 0 Å². The van der Waals surface area contributed by atoms with Gasteiger partial charge in [0.2, 0.25) is 0 Å². The third kappa shape index (κ3) is 3.97. The third-order valence-corrected chi connectivity index (χ3v) is 4.29. The summed E-state index contributed by atoms with van der Waals surface area (Å²) in [6.07, 6.45) is 5.75. The Kier molecular flexibility index (Phi) is 5.62. The summed E-state index contributed by atoms with van der Waals surface area (Å²) in [5.74, 6) is 6.25. The van der Waals surface area contributed by atoms with E-state index >= 15 is 0 Å². The van der Waals surface area contributed by atoms with Crippen molar-refractivity contribution in [2.45, 2.75) is 52.0 Å². The Morgan fingerprint density at radius 3 is 2.62 bits per heavy atom. The van der Waals surface area contributed by atoms with Crippen molar-refractivity contribution in [2.24, 2.45) is 11.8 Å². The van der Waals surface area contributed by atoms with E-state index in [1.165, 1.54) is 12.8 Å². The van der Waals surface area contributed by atoms with E-state index in [4.69, 9.17) is 5.84 Å². The number of hydrazine groups is 1. The second-order valence-electron chi connectivity index (χ2n) is 6.31. The van der Waals surface area contributed by atoms with Gasteiger partial charge in [-0.2, -0.15) is 0 Å². The third-order valence-electron chi connectivity index (χ3n) is 4.29. The number of carbonyl (C=O) groups is 1. The van der Waals surface area contributed by atoms with E-state index in [-0.39, 0.29) is 5.91 Å². The molecule has 1 aliphatic rings. The van der Waals surface area contributed by atoms with Crippen molar-refractivity contribution in [1.82, 2.24) is 4.90 Å². The molecule has 116 valence electrons. The van der Waals surface area contributed by atoms with E-state index in [2.05, 4.69) is 24.2 Å². The first-order valence-electron chi connectivity index (χ1n) is 8.00. The molecule has 0 aliphatic heterocycles. The van der Waals surface area contributed by atoms with Crippen LogP contribution in [0.15, 0.2) is 24.3 Å². The molecule has 21 heavy (non-hydrogen) atoms. The molecule has 0 saturated heterocycles. The van der Waals surface area contributed by atoms with Crippen molar-refractivity contribution in [1.29, 1.82) is 0 Å². The minimum Gasteiger partial charge on any atom is -0.336 e. The van der Waals surface area contributed by atoms with Crippen LogP contribution in [0.3, 0.4) is 0 Å². The predicted molar refractivity (Wildman–Crippen MR) is 87.0 cm³/mol. The molecule has 1 aromatic carbocycles. The van der Waals surface area contributed by atoms with E-state index in [1.54, 1.807) is 0 Å². The first kappa shape index (κ1) is 15.8. The topological polar surface area (TPSA) is 58.4 Å². The van der Waals surface area contributed by atoms with E-state index in [1.807, 2.05) is 24.3 Å². The van der Waals surface area contributed by atoms with Crippen molar-refractivity contribution in [3.05, 3.63) is 29.8 Å². The molecule has 0 bridgehead atoms. The maximum Gasteiger partial charge on any atom is 0.256 e. The summed E-state index contributed by atoms with van der Waals surface area (Å²) in [5, 5.41) is 0. The van der Waals surface area contributed by atoms with Crippen molar-refractivity contribution in [2.75, 3.05) is 12.0 Å². The predicted octanol–water partition coefficient (Wildman–Crippen LogP) is 3.40. The Morgan fingerprint density at radius 2 is 2.00 bits per heavy atom. The Bertz CT molecular complexity index is 467. The van der Waals surface area contributed by atoms with Crippen LogP contribution in [0.1, 0.15) is 56.3 Å². The lowest BCUT2D eigenvalue weighted by molar-refractivity contribution is 0.0673. The highest BCUT2D eigenvalue weighted by Gasteiger charge is 2.28. The molecule has 1 fully saturated rings. The van der Waals surface area contributed by atoms with Crippen LogP contribution in [-0.4, -0.2) is 23.4 Å². The molecule has 3 N–H and O–H groups in total. The lowest BCUT2D eigenvalue weighted by Crippen LogP contribution is -2.40. The quantitative estimate of drug-likeness (QED) is 0.623. The Morgan fingerprint density at radius 1 is 1.33 bits per heavy atom. The van der Waals surface area contributed by atoms with Gasteiger partial charge in [0.1, 0.15) is 0 Å². The largest absolute Gasteiger partial charge is 0.336 e. The molecule has 1 saturated carbocycles. The van der Waals surface area contributed by atoms with Crippen LogP contribution in [0.4, 0.5) is 5.69 Å². The van der Waals surface area contributed by atoms with Gasteiger partial charge < -0.3 is 10.3 Å². The molecule has 0 spiro atoms. The van der Waals surface area contributed by atoms with Crippen molar-refractivity contribution in [3.8, 4) is 0 Å². The molecule has 0 aromatic heterocycles. The second-order valence-corrected chi connectivity index (χ2v) is 6.31. The van der Waals surface area contributed by atoms with Crippen LogP contribution in [0.2, 0.25) is 0 Å². The molecular weight excluding hydrogens is 262 g/mol. The van der Waals surface area contributed by atoms with E-state index in [9.17, 15) is 4.79 Å². The zero-order chi connectivity index (χ0) is 15.2. The summed E-state index contributed by atoms with van der Waals surface area (Å²) in [7, 11) is 0. The molecule has 4 nitrogen and oxygen atoms in total. The van der Waals surface area contributed by atoms with Crippen LogP contribution < -0.4 is 11.3 Å². The molecule has 0 heterocycles. The summed E-state index contributed by atoms with van der Waals surface area (Å²) < 4.78 is 0. The highest BCUT2D eigenvalue weighted by molar-refractivity contribution is 5.99. The van der Waals surface area contributed by atoms with Crippen molar-refractivity contribution >= 4 is 11.6 Å². The number of nitrogens with zero attached hydrogens (tertiary/aromatic N) is 1. The number of nitrogens with one attached hydrogen (secondary N) is 1. The summed E-state index contributed by atoms with van der Waals surface area (Å²) in [4.78, 5) is 15.0. The highest BCUT2D eigenvalue weighted by Crippen LogP contribution is 2.27. The summed E-state index contributed by atoms with van der Waals surface area (Å²) in [6, 6.07) is 7.88. The van der Waals surface area contributed by atoms with Crippen LogP contribution in [0.5, 0.6) is 0 Å². The molecule has 0 atom stereocenters. The SMILES string of the molecule is CC(C)CCN(C(=O)c1ccccc1NN)C1CCCC1. The zero-order valence-corrected chi connectivity index (χ0v) is 13.1. The van der Waals surface area contributed by atoms with E-state index in [0.717, 1.165) is 25.8 Å². The van der Waals surface area contributed by atoms with Crippen LogP contribution in [-0.2, 0) is 0 Å². The molecule has 1 aromatic rings. The fourth-order valence-electron chi connectivity index (χ4n) is 3.01. The lowest BCUT2D eigenvalue weighted by Gasteiger charge is -2.30. The Hall–Kier alpha value is -1.55. The molecular formula is C17H27N3O. The zero-order valence-electron chi connectivity index (χ0n) is 13.1. The normalized spacial score (nSPS) is 15.4. The standard InChI is InChI=1S/C17H27N3O/c1-13(2)11-12-20(14-7-3-4-8-14)17(21)15-9-5-6-10-16(15)19-18/h5-6,9-10,13-14,19H,3-4,7-8,11-12,18H2,1-2H3. The first-order valence-corrected chi connectivity index (χ1v) is 8.00. The Balaban J connectivity index is 2.20. The Labute approximate surface area is 127 Å². The van der Waals surface area contributed by atoms with Crippen LogP contribution >= 0.6 is 0 Å². The number of benzene rings is 1. The van der Waals surface area contributed by atoms with Gasteiger partial charge in [-0.05, 0) is 37.3 Å². The molecule has 2 rings (SSSR count). The molecule has 0 unspecified atom stereocenters. The average molecular weight is 289 g/mol. The summed E-state index contributed by atoms with van der Waals surface area (Å²) in [5.41, 5.74) is 4.02. The number of hydrogen-bond acceptors (Lipinski definition) is 3. The van der Waals surface area contributed by atoms with Gasteiger partial charge in [-0.1, -0.05) is 38.8 Å². The minimum absolute atomic E-state index is 0.108. The van der Waals surface area contributed by atoms with Crippen LogP contribution in [0, 0.1) is 5.92 Å². The first-order chi connectivity index (χ1) is 10.1. The number of rotatable bonds is 6. The highest BCUT2D eigenvalue weighted by atomic mass is 16.2. The van der Waals surface area contributed by atoms with E-state index < -0.39 is 0 Å². The van der Waals surface area contributed by atoms with Gasteiger partial charge in [0.05, 0.1) is 11.3 Å². The summed E-state index contributed by atoms with van der Waals surface area (Å²) >= 11 is 0. The van der Waals surface area contributed by atoms with Gasteiger partial charge in [0.25, 0.3) is 5.91 Å². The molecule has 1 amide bonds. The smallest absolute Gasteiger partial charge is 0.256 e. The maximum atomic E-state index is 13.0. The maximum absolute atomic E-state index is 13.0. The summed E-state index contributed by atoms with van der Waals surface area (Å²) in [6.45, 7) is 5.24. The van der Waals surface area contributed by atoms with Gasteiger partial charge in [-0.3, -0.25) is 10.6 Å².